The normalized spacial score (nSPS) is 12.5. The first-order chi connectivity index (χ1) is 6.70. The number of hydrogen-bond donors (Lipinski definition) is 1. The van der Waals surface area contributed by atoms with Gasteiger partial charge in [-0.2, -0.15) is 0 Å². The molecule has 5 heteroatoms. The van der Waals surface area contributed by atoms with E-state index >= 15 is 0 Å². The molecular formula is C9H17FO4. The molecule has 0 fully saturated rings. The van der Waals surface area contributed by atoms with Crippen molar-refractivity contribution in [2.45, 2.75) is 25.9 Å². The summed E-state index contributed by atoms with van der Waals surface area (Å²) in [5.74, 6) is -0.637. The second kappa shape index (κ2) is 8.90. The number of carbonyl (C=O) groups excluding carboxylic acids is 1. The first kappa shape index (κ1) is 13.3. The fraction of sp³-hybridized carbons (Fsp3) is 0.889. The summed E-state index contributed by atoms with van der Waals surface area (Å²) in [5.41, 5.74) is 0. The molecule has 0 aromatic heterocycles. The van der Waals surface area contributed by atoms with Crippen LogP contribution in [0.25, 0.3) is 0 Å². The summed E-state index contributed by atoms with van der Waals surface area (Å²) in [6.07, 6.45) is -0.221. The van der Waals surface area contributed by atoms with Gasteiger partial charge in [-0.1, -0.05) is 6.92 Å². The molecule has 0 saturated carbocycles. The van der Waals surface area contributed by atoms with Crippen LogP contribution in [-0.2, 0) is 14.3 Å². The molecule has 0 aliphatic carbocycles. The van der Waals surface area contributed by atoms with Gasteiger partial charge in [0.05, 0.1) is 19.7 Å². The molecule has 84 valence electrons. The Hall–Kier alpha value is -0.680. The minimum Gasteiger partial charge on any atom is -0.463 e. The molecule has 0 saturated heterocycles. The van der Waals surface area contributed by atoms with Crippen molar-refractivity contribution in [1.29, 1.82) is 0 Å². The molecule has 0 radical (unpaired) electrons. The van der Waals surface area contributed by atoms with Crippen molar-refractivity contribution in [2.75, 3.05) is 26.5 Å². The van der Waals surface area contributed by atoms with Gasteiger partial charge in [-0.3, -0.25) is 9.18 Å². The van der Waals surface area contributed by atoms with Crippen molar-refractivity contribution >= 4 is 5.97 Å². The van der Waals surface area contributed by atoms with Gasteiger partial charge in [0.2, 0.25) is 0 Å². The molecule has 0 bridgehead atoms. The molecular weight excluding hydrogens is 191 g/mol. The van der Waals surface area contributed by atoms with Crippen LogP contribution in [0.3, 0.4) is 0 Å². The van der Waals surface area contributed by atoms with Crippen LogP contribution in [0, 0.1) is 0 Å². The van der Waals surface area contributed by atoms with Crippen LogP contribution in [-0.4, -0.2) is 43.7 Å². The van der Waals surface area contributed by atoms with Crippen LogP contribution in [0.1, 0.15) is 19.8 Å². The summed E-state index contributed by atoms with van der Waals surface area (Å²) >= 11 is 0. The highest BCUT2D eigenvalue weighted by atomic mass is 19.1. The first-order valence-corrected chi connectivity index (χ1v) is 4.68. The van der Waals surface area contributed by atoms with Crippen LogP contribution >= 0.6 is 0 Å². The molecule has 1 N–H and O–H groups in total. The third kappa shape index (κ3) is 7.94. The third-order valence-electron chi connectivity index (χ3n) is 1.39. The monoisotopic (exact) mass is 208 g/mol. The Balaban J connectivity index is 3.33. The fourth-order valence-corrected chi connectivity index (χ4v) is 0.750. The van der Waals surface area contributed by atoms with Gasteiger partial charge in [-0.15, -0.1) is 0 Å². The zero-order valence-electron chi connectivity index (χ0n) is 8.37. The van der Waals surface area contributed by atoms with E-state index in [2.05, 4.69) is 4.74 Å². The van der Waals surface area contributed by atoms with Gasteiger partial charge in [0.25, 0.3) is 0 Å². The standard InChI is InChI=1S/C9H17FO4/c1-2-5-13-6-8(11)7-14-9(12)3-4-10/h8,11H,2-7H2,1H3. The average Bonchev–Trinajstić information content (AvgIpc) is 2.16. The highest BCUT2D eigenvalue weighted by Crippen LogP contribution is 1.92. The summed E-state index contributed by atoms with van der Waals surface area (Å²) in [6.45, 7) is 1.78. The largest absolute Gasteiger partial charge is 0.463 e. The third-order valence-corrected chi connectivity index (χ3v) is 1.39. The first-order valence-electron chi connectivity index (χ1n) is 4.68. The van der Waals surface area contributed by atoms with Crippen molar-refractivity contribution in [1.82, 2.24) is 0 Å². The summed E-state index contributed by atoms with van der Waals surface area (Å²) in [7, 11) is 0. The van der Waals surface area contributed by atoms with E-state index in [1.165, 1.54) is 0 Å². The summed E-state index contributed by atoms with van der Waals surface area (Å²) in [5, 5.41) is 9.20. The lowest BCUT2D eigenvalue weighted by atomic mass is 10.4. The van der Waals surface area contributed by atoms with E-state index in [0.29, 0.717) is 6.61 Å². The van der Waals surface area contributed by atoms with Crippen LogP contribution < -0.4 is 0 Å². The Morgan fingerprint density at radius 2 is 2.21 bits per heavy atom. The van der Waals surface area contributed by atoms with E-state index in [4.69, 9.17) is 4.74 Å². The molecule has 1 atom stereocenters. The van der Waals surface area contributed by atoms with Crippen molar-refractivity contribution in [3.05, 3.63) is 0 Å². The molecule has 0 amide bonds. The highest BCUT2D eigenvalue weighted by molar-refractivity contribution is 5.69. The Bertz CT molecular complexity index is 152. The fourth-order valence-electron chi connectivity index (χ4n) is 0.750. The topological polar surface area (TPSA) is 55.8 Å². The van der Waals surface area contributed by atoms with Gasteiger partial charge in [0.1, 0.15) is 12.7 Å². The van der Waals surface area contributed by atoms with E-state index in [-0.39, 0.29) is 19.6 Å². The molecule has 0 aliphatic rings. The van der Waals surface area contributed by atoms with Crippen LogP contribution in [0.4, 0.5) is 4.39 Å². The number of alkyl halides is 1. The smallest absolute Gasteiger partial charge is 0.308 e. The zero-order chi connectivity index (χ0) is 10.8. The summed E-state index contributed by atoms with van der Waals surface area (Å²) < 4.78 is 21.2. The minimum atomic E-state index is -0.829. The quantitative estimate of drug-likeness (QED) is 0.470. The van der Waals surface area contributed by atoms with Crippen LogP contribution in [0.5, 0.6) is 0 Å². The molecule has 0 aromatic carbocycles. The minimum absolute atomic E-state index is 0.136. The van der Waals surface area contributed by atoms with Crippen molar-refractivity contribution in [3.63, 3.8) is 0 Å². The van der Waals surface area contributed by atoms with Crippen LogP contribution in [0.15, 0.2) is 0 Å². The molecule has 0 spiro atoms. The molecule has 0 rings (SSSR count). The van der Waals surface area contributed by atoms with Gasteiger partial charge in [0, 0.05) is 6.61 Å². The van der Waals surface area contributed by atoms with Crippen molar-refractivity contribution in [2.24, 2.45) is 0 Å². The Kier molecular flexibility index (Phi) is 8.47. The van der Waals surface area contributed by atoms with E-state index in [9.17, 15) is 14.3 Å². The number of aliphatic hydroxyl groups excluding tert-OH is 1. The van der Waals surface area contributed by atoms with Gasteiger partial charge in [-0.05, 0) is 6.42 Å². The van der Waals surface area contributed by atoms with Gasteiger partial charge in [0.15, 0.2) is 0 Å². The predicted octanol–water partition coefficient (Wildman–Crippen LogP) is 0.677. The maximum atomic E-state index is 11.6. The van der Waals surface area contributed by atoms with E-state index in [1.807, 2.05) is 6.92 Å². The second-order valence-electron chi connectivity index (χ2n) is 2.85. The SMILES string of the molecule is CCCOCC(O)COC(=O)CCF. The zero-order valence-corrected chi connectivity index (χ0v) is 8.37. The maximum Gasteiger partial charge on any atom is 0.308 e. The van der Waals surface area contributed by atoms with Gasteiger partial charge >= 0.3 is 5.97 Å². The van der Waals surface area contributed by atoms with E-state index in [0.717, 1.165) is 6.42 Å². The van der Waals surface area contributed by atoms with Crippen LogP contribution in [0.2, 0.25) is 0 Å². The molecule has 1 unspecified atom stereocenters. The number of hydrogen-bond acceptors (Lipinski definition) is 4. The molecule has 0 aliphatic heterocycles. The lowest BCUT2D eigenvalue weighted by Gasteiger charge is -2.10. The maximum absolute atomic E-state index is 11.6. The Morgan fingerprint density at radius 1 is 1.50 bits per heavy atom. The average molecular weight is 208 g/mol. The van der Waals surface area contributed by atoms with Gasteiger partial charge in [-0.25, -0.2) is 0 Å². The number of rotatable bonds is 8. The van der Waals surface area contributed by atoms with E-state index < -0.39 is 18.7 Å². The number of aliphatic hydroxyl groups is 1. The summed E-state index contributed by atoms with van der Waals surface area (Å²) in [4.78, 5) is 10.7. The van der Waals surface area contributed by atoms with E-state index in [1.54, 1.807) is 0 Å². The number of halogens is 1. The Labute approximate surface area is 83.0 Å². The highest BCUT2D eigenvalue weighted by Gasteiger charge is 2.08. The molecule has 4 nitrogen and oxygen atoms in total. The lowest BCUT2D eigenvalue weighted by molar-refractivity contribution is -0.148. The summed E-state index contributed by atoms with van der Waals surface area (Å²) in [6, 6.07) is 0. The van der Waals surface area contributed by atoms with Crippen molar-refractivity contribution in [3.8, 4) is 0 Å². The van der Waals surface area contributed by atoms with Gasteiger partial charge < -0.3 is 14.6 Å². The Morgan fingerprint density at radius 3 is 2.79 bits per heavy atom. The molecule has 0 aromatic rings. The lowest BCUT2D eigenvalue weighted by Crippen LogP contribution is -2.24. The predicted molar refractivity (Wildman–Crippen MR) is 48.7 cm³/mol. The molecule has 0 heterocycles. The van der Waals surface area contributed by atoms with Crippen molar-refractivity contribution < 1.29 is 23.8 Å². The number of carbonyl (C=O) groups is 1. The molecule has 14 heavy (non-hydrogen) atoms. The number of esters is 1. The number of ether oxygens (including phenoxy) is 2. The second-order valence-corrected chi connectivity index (χ2v) is 2.85.